The van der Waals surface area contributed by atoms with E-state index in [1.54, 1.807) is 18.9 Å². The first-order valence-corrected chi connectivity index (χ1v) is 7.89. The molecule has 19 heavy (non-hydrogen) atoms. The molecule has 0 saturated carbocycles. The van der Waals surface area contributed by atoms with E-state index in [1.165, 1.54) is 6.42 Å². The molecular weight excluding hydrogens is 258 g/mol. The Morgan fingerprint density at radius 1 is 1.47 bits per heavy atom. The van der Waals surface area contributed by atoms with E-state index in [4.69, 9.17) is 4.74 Å². The van der Waals surface area contributed by atoms with E-state index < -0.39 is 0 Å². The summed E-state index contributed by atoms with van der Waals surface area (Å²) in [7, 11) is 1.62. The molecule has 0 aliphatic carbocycles. The second-order valence-corrected chi connectivity index (χ2v) is 5.94. The second kappa shape index (κ2) is 6.33. The third-order valence-corrected chi connectivity index (χ3v) is 4.31. The normalized spacial score (nSPS) is 19.3. The fourth-order valence-corrected chi connectivity index (χ4v) is 2.95. The Bertz CT molecular complexity index is 461. The number of thioether (sulfide) groups is 1. The number of methoxy groups -OCH3 is 1. The molecule has 1 aromatic rings. The van der Waals surface area contributed by atoms with Gasteiger partial charge in [-0.05, 0) is 43.2 Å². The van der Waals surface area contributed by atoms with Gasteiger partial charge in [0.1, 0.15) is 5.75 Å². The standard InChI is InChI=1S/C15H21NO2S/c1-11-5-4-8-16(10-11)15(17)13-7-6-12(19-3)9-14(13)18-2/h6-7,9,11H,4-5,8,10H2,1-3H3/t11-/m0/s1. The fourth-order valence-electron chi connectivity index (χ4n) is 2.52. The van der Waals surface area contributed by atoms with Crippen molar-refractivity contribution in [1.29, 1.82) is 0 Å². The van der Waals surface area contributed by atoms with E-state index in [2.05, 4.69) is 6.92 Å². The van der Waals surface area contributed by atoms with Crippen molar-refractivity contribution in [2.75, 3.05) is 26.5 Å². The van der Waals surface area contributed by atoms with Gasteiger partial charge >= 0.3 is 0 Å². The van der Waals surface area contributed by atoms with Crippen molar-refractivity contribution < 1.29 is 9.53 Å². The van der Waals surface area contributed by atoms with Gasteiger partial charge in [0.25, 0.3) is 5.91 Å². The molecule has 2 rings (SSSR count). The summed E-state index contributed by atoms with van der Waals surface area (Å²) < 4.78 is 5.37. The molecule has 0 aromatic heterocycles. The van der Waals surface area contributed by atoms with Gasteiger partial charge in [-0.15, -0.1) is 11.8 Å². The lowest BCUT2D eigenvalue weighted by Gasteiger charge is -2.31. The minimum absolute atomic E-state index is 0.0936. The highest BCUT2D eigenvalue weighted by molar-refractivity contribution is 7.98. The van der Waals surface area contributed by atoms with Crippen LogP contribution in [0.5, 0.6) is 5.75 Å². The van der Waals surface area contributed by atoms with Gasteiger partial charge < -0.3 is 9.64 Å². The third kappa shape index (κ3) is 3.24. The van der Waals surface area contributed by atoms with Crippen molar-refractivity contribution in [3.63, 3.8) is 0 Å². The Balaban J connectivity index is 2.22. The smallest absolute Gasteiger partial charge is 0.257 e. The van der Waals surface area contributed by atoms with Gasteiger partial charge in [-0.2, -0.15) is 0 Å². The van der Waals surface area contributed by atoms with E-state index in [-0.39, 0.29) is 5.91 Å². The Morgan fingerprint density at radius 2 is 2.26 bits per heavy atom. The summed E-state index contributed by atoms with van der Waals surface area (Å²) in [5.41, 5.74) is 0.675. The van der Waals surface area contributed by atoms with Crippen LogP contribution in [0.2, 0.25) is 0 Å². The number of nitrogens with zero attached hydrogens (tertiary/aromatic N) is 1. The highest BCUT2D eigenvalue weighted by Gasteiger charge is 2.24. The Morgan fingerprint density at radius 3 is 2.89 bits per heavy atom. The number of piperidine rings is 1. The van der Waals surface area contributed by atoms with Crippen molar-refractivity contribution in [3.05, 3.63) is 23.8 Å². The van der Waals surface area contributed by atoms with Gasteiger partial charge in [0.05, 0.1) is 12.7 Å². The first-order chi connectivity index (χ1) is 9.15. The predicted octanol–water partition coefficient (Wildman–Crippen LogP) is 3.29. The van der Waals surface area contributed by atoms with Crippen LogP contribution >= 0.6 is 11.8 Å². The molecule has 1 amide bonds. The SMILES string of the molecule is COc1cc(SC)ccc1C(=O)N1CCC[C@H](C)C1. The molecular formula is C15H21NO2S. The number of carbonyl (C=O) groups is 1. The monoisotopic (exact) mass is 279 g/mol. The highest BCUT2D eigenvalue weighted by atomic mass is 32.2. The zero-order valence-corrected chi connectivity index (χ0v) is 12.6. The summed E-state index contributed by atoms with van der Waals surface area (Å²) in [6.45, 7) is 3.91. The molecule has 104 valence electrons. The minimum atomic E-state index is 0.0936. The van der Waals surface area contributed by atoms with Crippen LogP contribution in [0.25, 0.3) is 0 Å². The number of benzene rings is 1. The topological polar surface area (TPSA) is 29.5 Å². The Kier molecular flexibility index (Phi) is 4.75. The van der Waals surface area contributed by atoms with Crippen molar-refractivity contribution in [3.8, 4) is 5.75 Å². The van der Waals surface area contributed by atoms with Crippen LogP contribution < -0.4 is 4.74 Å². The molecule has 0 bridgehead atoms. The summed E-state index contributed by atoms with van der Waals surface area (Å²) >= 11 is 1.65. The molecule has 0 radical (unpaired) electrons. The molecule has 0 N–H and O–H groups in total. The van der Waals surface area contributed by atoms with Gasteiger partial charge in [0, 0.05) is 18.0 Å². The first-order valence-electron chi connectivity index (χ1n) is 6.67. The lowest BCUT2D eigenvalue weighted by Crippen LogP contribution is -2.39. The summed E-state index contributed by atoms with van der Waals surface area (Å²) in [4.78, 5) is 15.6. The number of carbonyl (C=O) groups excluding carboxylic acids is 1. The summed E-state index contributed by atoms with van der Waals surface area (Å²) in [5.74, 6) is 1.36. The van der Waals surface area contributed by atoms with Gasteiger partial charge in [-0.1, -0.05) is 6.92 Å². The van der Waals surface area contributed by atoms with Gasteiger partial charge in [0.2, 0.25) is 0 Å². The fraction of sp³-hybridized carbons (Fsp3) is 0.533. The third-order valence-electron chi connectivity index (χ3n) is 3.58. The Labute approximate surface area is 119 Å². The summed E-state index contributed by atoms with van der Waals surface area (Å²) in [6, 6.07) is 5.80. The minimum Gasteiger partial charge on any atom is -0.496 e. The largest absolute Gasteiger partial charge is 0.496 e. The number of rotatable bonds is 3. The molecule has 3 nitrogen and oxygen atoms in total. The van der Waals surface area contributed by atoms with Crippen LogP contribution in [0.1, 0.15) is 30.1 Å². The van der Waals surface area contributed by atoms with Crippen LogP contribution in [0, 0.1) is 5.92 Å². The van der Waals surface area contributed by atoms with E-state index in [1.807, 2.05) is 29.4 Å². The van der Waals surface area contributed by atoms with Crippen LogP contribution in [0.15, 0.2) is 23.1 Å². The quantitative estimate of drug-likeness (QED) is 0.795. The maximum atomic E-state index is 12.6. The molecule has 1 saturated heterocycles. The molecule has 1 atom stereocenters. The zero-order chi connectivity index (χ0) is 13.8. The Hall–Kier alpha value is -1.16. The van der Waals surface area contributed by atoms with Crippen molar-refractivity contribution in [2.24, 2.45) is 5.92 Å². The number of amides is 1. The van der Waals surface area contributed by atoms with Gasteiger partial charge in [0.15, 0.2) is 0 Å². The van der Waals surface area contributed by atoms with E-state index in [0.717, 1.165) is 24.4 Å². The number of ether oxygens (including phenoxy) is 1. The average molecular weight is 279 g/mol. The van der Waals surface area contributed by atoms with Crippen LogP contribution in [0.4, 0.5) is 0 Å². The molecule has 1 aromatic carbocycles. The zero-order valence-electron chi connectivity index (χ0n) is 11.8. The van der Waals surface area contributed by atoms with E-state index in [0.29, 0.717) is 17.2 Å². The van der Waals surface area contributed by atoms with E-state index in [9.17, 15) is 4.79 Å². The van der Waals surface area contributed by atoms with Crippen molar-refractivity contribution >= 4 is 17.7 Å². The number of hydrogen-bond donors (Lipinski definition) is 0. The molecule has 1 aliphatic rings. The lowest BCUT2D eigenvalue weighted by atomic mass is 9.99. The van der Waals surface area contributed by atoms with Crippen LogP contribution in [-0.2, 0) is 0 Å². The molecule has 1 fully saturated rings. The van der Waals surface area contributed by atoms with Crippen LogP contribution in [-0.4, -0.2) is 37.3 Å². The van der Waals surface area contributed by atoms with E-state index >= 15 is 0 Å². The average Bonchev–Trinajstić information content (AvgIpc) is 2.45. The molecule has 1 heterocycles. The second-order valence-electron chi connectivity index (χ2n) is 5.06. The maximum Gasteiger partial charge on any atom is 0.257 e. The molecule has 0 unspecified atom stereocenters. The van der Waals surface area contributed by atoms with Crippen molar-refractivity contribution in [1.82, 2.24) is 4.90 Å². The van der Waals surface area contributed by atoms with Crippen LogP contribution in [0.3, 0.4) is 0 Å². The van der Waals surface area contributed by atoms with Gasteiger partial charge in [-0.3, -0.25) is 4.79 Å². The first kappa shape index (κ1) is 14.3. The molecule has 0 spiro atoms. The lowest BCUT2D eigenvalue weighted by molar-refractivity contribution is 0.0679. The summed E-state index contributed by atoms with van der Waals surface area (Å²) in [6.07, 6.45) is 4.33. The number of likely N-dealkylation sites (tertiary alicyclic amines) is 1. The van der Waals surface area contributed by atoms with Crippen molar-refractivity contribution in [2.45, 2.75) is 24.7 Å². The molecule has 1 aliphatic heterocycles. The predicted molar refractivity (Wildman–Crippen MR) is 79.1 cm³/mol. The highest BCUT2D eigenvalue weighted by Crippen LogP contribution is 2.27. The van der Waals surface area contributed by atoms with Gasteiger partial charge in [-0.25, -0.2) is 0 Å². The maximum absolute atomic E-state index is 12.6. The molecule has 4 heteroatoms. The summed E-state index contributed by atoms with van der Waals surface area (Å²) in [5, 5.41) is 0. The number of hydrogen-bond acceptors (Lipinski definition) is 3.